The summed E-state index contributed by atoms with van der Waals surface area (Å²) in [5.74, 6) is 6.97. The molecule has 3 N–H and O–H groups in total. The summed E-state index contributed by atoms with van der Waals surface area (Å²) in [5, 5.41) is 0. The number of ether oxygens (including phenoxy) is 2. The molecule has 4 unspecified atom stereocenters. The van der Waals surface area contributed by atoms with Crippen molar-refractivity contribution in [1.82, 2.24) is 5.43 Å². The van der Waals surface area contributed by atoms with E-state index in [1.54, 1.807) is 7.11 Å². The summed E-state index contributed by atoms with van der Waals surface area (Å²) in [5.41, 5.74) is 2.90. The van der Waals surface area contributed by atoms with Crippen LogP contribution in [0.2, 0.25) is 0 Å². The number of hydrazine groups is 1. The van der Waals surface area contributed by atoms with Crippen molar-refractivity contribution in [2.24, 2.45) is 17.7 Å². The van der Waals surface area contributed by atoms with Gasteiger partial charge in [-0.25, -0.2) is 0 Å². The molecule has 4 nitrogen and oxygen atoms in total. The Kier molecular flexibility index (Phi) is 6.57. The van der Waals surface area contributed by atoms with Gasteiger partial charge >= 0.3 is 0 Å². The number of rotatable bonds is 7. The average molecular weight is 258 g/mol. The second kappa shape index (κ2) is 7.43. The molecule has 0 spiro atoms. The van der Waals surface area contributed by atoms with E-state index in [1.165, 1.54) is 12.8 Å². The van der Waals surface area contributed by atoms with E-state index in [2.05, 4.69) is 19.3 Å². The molecule has 0 heterocycles. The molecule has 0 bridgehead atoms. The molecule has 4 heteroatoms. The molecule has 0 aliphatic heterocycles. The van der Waals surface area contributed by atoms with Gasteiger partial charge in [-0.3, -0.25) is 11.3 Å². The van der Waals surface area contributed by atoms with Gasteiger partial charge in [-0.05, 0) is 31.1 Å². The van der Waals surface area contributed by atoms with E-state index >= 15 is 0 Å². The van der Waals surface area contributed by atoms with Crippen LogP contribution >= 0.6 is 0 Å². The van der Waals surface area contributed by atoms with Gasteiger partial charge < -0.3 is 9.47 Å². The lowest BCUT2D eigenvalue weighted by Crippen LogP contribution is -2.59. The van der Waals surface area contributed by atoms with Gasteiger partial charge in [0.05, 0.1) is 11.6 Å². The van der Waals surface area contributed by atoms with Crippen molar-refractivity contribution in [1.29, 1.82) is 0 Å². The third-order valence-electron chi connectivity index (χ3n) is 4.49. The number of methoxy groups -OCH3 is 2. The van der Waals surface area contributed by atoms with Crippen molar-refractivity contribution in [3.63, 3.8) is 0 Å². The number of hydrogen-bond acceptors (Lipinski definition) is 4. The fourth-order valence-corrected chi connectivity index (χ4v) is 3.44. The first-order chi connectivity index (χ1) is 8.59. The molecule has 1 fully saturated rings. The van der Waals surface area contributed by atoms with Crippen molar-refractivity contribution < 1.29 is 9.47 Å². The van der Waals surface area contributed by atoms with E-state index in [0.29, 0.717) is 11.8 Å². The number of hydrogen-bond donors (Lipinski definition) is 2. The van der Waals surface area contributed by atoms with Gasteiger partial charge in [0.15, 0.2) is 0 Å². The Balaban J connectivity index is 2.74. The molecule has 108 valence electrons. The Morgan fingerprint density at radius 2 is 2.17 bits per heavy atom. The zero-order valence-electron chi connectivity index (χ0n) is 12.4. The second-order valence-corrected chi connectivity index (χ2v) is 5.87. The lowest BCUT2D eigenvalue weighted by Gasteiger charge is -2.46. The minimum Gasteiger partial charge on any atom is -0.385 e. The van der Waals surface area contributed by atoms with E-state index in [0.717, 1.165) is 25.9 Å². The Morgan fingerprint density at radius 3 is 2.67 bits per heavy atom. The maximum Gasteiger partial charge on any atom is 0.0849 e. The van der Waals surface area contributed by atoms with Gasteiger partial charge in [0.1, 0.15) is 0 Å². The van der Waals surface area contributed by atoms with E-state index in [4.69, 9.17) is 15.3 Å². The highest BCUT2D eigenvalue weighted by molar-refractivity contribution is 4.98. The third kappa shape index (κ3) is 3.67. The molecule has 18 heavy (non-hydrogen) atoms. The largest absolute Gasteiger partial charge is 0.385 e. The highest BCUT2D eigenvalue weighted by Crippen LogP contribution is 2.39. The summed E-state index contributed by atoms with van der Waals surface area (Å²) in [6.07, 6.45) is 5.72. The maximum atomic E-state index is 5.92. The molecule has 1 saturated carbocycles. The van der Waals surface area contributed by atoms with E-state index in [9.17, 15) is 0 Å². The highest BCUT2D eigenvalue weighted by Gasteiger charge is 2.43. The third-order valence-corrected chi connectivity index (χ3v) is 4.49. The molecular weight excluding hydrogens is 228 g/mol. The van der Waals surface area contributed by atoms with Gasteiger partial charge in [0.2, 0.25) is 0 Å². The van der Waals surface area contributed by atoms with Crippen LogP contribution in [0.1, 0.15) is 46.0 Å². The Morgan fingerprint density at radius 1 is 1.44 bits per heavy atom. The molecule has 4 atom stereocenters. The summed E-state index contributed by atoms with van der Waals surface area (Å²) in [6.45, 7) is 5.30. The molecule has 0 amide bonds. The van der Waals surface area contributed by atoms with Crippen LogP contribution < -0.4 is 11.3 Å². The zero-order valence-corrected chi connectivity index (χ0v) is 12.4. The second-order valence-electron chi connectivity index (χ2n) is 5.87. The minimum atomic E-state index is -0.112. The molecule has 1 rings (SSSR count). The van der Waals surface area contributed by atoms with Crippen molar-refractivity contribution in [2.75, 3.05) is 20.8 Å². The highest BCUT2D eigenvalue weighted by atomic mass is 16.5. The van der Waals surface area contributed by atoms with Crippen molar-refractivity contribution in [2.45, 2.75) is 57.6 Å². The van der Waals surface area contributed by atoms with Crippen LogP contribution in [0.4, 0.5) is 0 Å². The van der Waals surface area contributed by atoms with Crippen LogP contribution in [-0.2, 0) is 9.47 Å². The smallest absolute Gasteiger partial charge is 0.0849 e. The normalized spacial score (nSPS) is 32.2. The molecule has 0 saturated heterocycles. The number of nitrogens with one attached hydrogen (secondary N) is 1. The first kappa shape index (κ1) is 15.9. The first-order valence-corrected chi connectivity index (χ1v) is 7.10. The summed E-state index contributed by atoms with van der Waals surface area (Å²) in [4.78, 5) is 0. The van der Waals surface area contributed by atoms with Crippen molar-refractivity contribution in [3.8, 4) is 0 Å². The maximum absolute atomic E-state index is 5.92. The Labute approximate surface area is 112 Å². The zero-order chi connectivity index (χ0) is 13.6. The van der Waals surface area contributed by atoms with E-state index < -0.39 is 0 Å². The SMILES string of the molecule is COCCC(C)C(NN)C1(OC)CCCC(C)C1. The molecule has 1 aliphatic rings. The fraction of sp³-hybridized carbons (Fsp3) is 1.00. The quantitative estimate of drug-likeness (QED) is 0.542. The van der Waals surface area contributed by atoms with Crippen LogP contribution in [-0.4, -0.2) is 32.5 Å². The predicted octanol–water partition coefficient (Wildman–Crippen LogP) is 2.09. The summed E-state index contributed by atoms with van der Waals surface area (Å²) in [7, 11) is 3.57. The average Bonchev–Trinajstić information content (AvgIpc) is 2.37. The van der Waals surface area contributed by atoms with Crippen LogP contribution in [0, 0.1) is 11.8 Å². The van der Waals surface area contributed by atoms with Crippen molar-refractivity contribution in [3.05, 3.63) is 0 Å². The van der Waals surface area contributed by atoms with Crippen LogP contribution in [0.15, 0.2) is 0 Å². The topological polar surface area (TPSA) is 56.5 Å². The standard InChI is InChI=1S/C14H30N2O2/c1-11-6-5-8-14(10-11,18-4)13(16-15)12(2)7-9-17-3/h11-13,16H,5-10,15H2,1-4H3. The van der Waals surface area contributed by atoms with Crippen molar-refractivity contribution >= 4 is 0 Å². The van der Waals surface area contributed by atoms with Gasteiger partial charge in [-0.15, -0.1) is 0 Å². The van der Waals surface area contributed by atoms with Crippen LogP contribution in [0.25, 0.3) is 0 Å². The lowest BCUT2D eigenvalue weighted by atomic mass is 9.71. The molecular formula is C14H30N2O2. The van der Waals surface area contributed by atoms with E-state index in [1.807, 2.05) is 7.11 Å². The monoisotopic (exact) mass is 258 g/mol. The lowest BCUT2D eigenvalue weighted by molar-refractivity contribution is -0.0929. The predicted molar refractivity (Wildman–Crippen MR) is 74.1 cm³/mol. The van der Waals surface area contributed by atoms with Crippen LogP contribution in [0.5, 0.6) is 0 Å². The summed E-state index contributed by atoms with van der Waals surface area (Å²) < 4.78 is 11.1. The van der Waals surface area contributed by atoms with Gasteiger partial charge in [-0.2, -0.15) is 0 Å². The minimum absolute atomic E-state index is 0.112. The first-order valence-electron chi connectivity index (χ1n) is 7.10. The molecule has 0 aromatic rings. The Hall–Kier alpha value is -0.160. The van der Waals surface area contributed by atoms with Gasteiger partial charge in [-0.1, -0.05) is 26.7 Å². The van der Waals surface area contributed by atoms with E-state index in [-0.39, 0.29) is 11.6 Å². The molecule has 1 aliphatic carbocycles. The number of nitrogens with two attached hydrogens (primary N) is 1. The molecule has 0 aromatic heterocycles. The Bertz CT molecular complexity index is 238. The van der Waals surface area contributed by atoms with Crippen LogP contribution in [0.3, 0.4) is 0 Å². The van der Waals surface area contributed by atoms with Gasteiger partial charge in [0.25, 0.3) is 0 Å². The molecule has 0 radical (unpaired) electrons. The fourth-order valence-electron chi connectivity index (χ4n) is 3.44. The summed E-state index contributed by atoms with van der Waals surface area (Å²) >= 11 is 0. The van der Waals surface area contributed by atoms with Gasteiger partial charge in [0, 0.05) is 20.8 Å². The summed E-state index contributed by atoms with van der Waals surface area (Å²) in [6, 6.07) is 0.195. The molecule has 0 aromatic carbocycles.